The average Bonchev–Trinajstić information content (AvgIpc) is 2.55. The third kappa shape index (κ3) is 1.80. The predicted molar refractivity (Wildman–Crippen MR) is 71.9 cm³/mol. The van der Waals surface area contributed by atoms with Gasteiger partial charge in [-0.05, 0) is 49.4 Å². The maximum Gasteiger partial charge on any atom is 0.0459 e. The van der Waals surface area contributed by atoms with Crippen LogP contribution < -0.4 is 0 Å². The van der Waals surface area contributed by atoms with Gasteiger partial charge in [-0.1, -0.05) is 28.8 Å². The molecule has 0 unspecified atom stereocenters. The van der Waals surface area contributed by atoms with Crippen LogP contribution in [-0.4, -0.2) is 4.98 Å². The van der Waals surface area contributed by atoms with Crippen LogP contribution in [0.2, 0.25) is 0 Å². The summed E-state index contributed by atoms with van der Waals surface area (Å²) in [6.07, 6.45) is 7.92. The van der Waals surface area contributed by atoms with Crippen LogP contribution >= 0.6 is 15.9 Å². The Labute approximate surface area is 104 Å². The lowest BCUT2D eigenvalue weighted by Gasteiger charge is -2.09. The predicted octanol–water partition coefficient (Wildman–Crippen LogP) is 4.59. The highest BCUT2D eigenvalue weighted by molar-refractivity contribution is 9.10. The minimum atomic E-state index is 1.18. The molecule has 16 heavy (non-hydrogen) atoms. The van der Waals surface area contributed by atoms with E-state index < -0.39 is 0 Å². The van der Waals surface area contributed by atoms with Crippen LogP contribution in [0.3, 0.4) is 0 Å². The molecule has 1 heterocycles. The normalized spacial score (nSPS) is 16.8. The fourth-order valence-corrected chi connectivity index (χ4v) is 3.09. The van der Waals surface area contributed by atoms with E-state index in [2.05, 4.69) is 39.1 Å². The molecule has 1 aliphatic carbocycles. The Morgan fingerprint density at radius 2 is 1.81 bits per heavy atom. The molecule has 0 radical (unpaired) electrons. The van der Waals surface area contributed by atoms with Crippen LogP contribution in [0.15, 0.2) is 22.7 Å². The molecule has 1 aromatic carbocycles. The molecule has 1 aromatic heterocycles. The Morgan fingerprint density at radius 1 is 1.00 bits per heavy atom. The molecule has 0 amide bonds. The van der Waals surface area contributed by atoms with Crippen molar-refractivity contribution in [2.75, 3.05) is 0 Å². The van der Waals surface area contributed by atoms with E-state index in [9.17, 15) is 0 Å². The lowest BCUT2D eigenvalue weighted by atomic mass is 9.97. The number of hydrogen-bond acceptors (Lipinski definition) is 0. The quantitative estimate of drug-likeness (QED) is 0.725. The van der Waals surface area contributed by atoms with E-state index in [-0.39, 0.29) is 0 Å². The van der Waals surface area contributed by atoms with Gasteiger partial charge in [0.25, 0.3) is 0 Å². The molecule has 84 valence electrons. The number of H-pyrrole nitrogens is 1. The molecule has 0 bridgehead atoms. The zero-order valence-electron chi connectivity index (χ0n) is 9.35. The summed E-state index contributed by atoms with van der Waals surface area (Å²) in [5, 5.41) is 1.42. The molecule has 0 aliphatic heterocycles. The van der Waals surface area contributed by atoms with Gasteiger partial charge in [0.2, 0.25) is 0 Å². The fraction of sp³-hybridized carbons (Fsp3) is 0.429. The van der Waals surface area contributed by atoms with E-state index in [4.69, 9.17) is 0 Å². The Hall–Kier alpha value is -0.760. The molecule has 1 aliphatic rings. The highest BCUT2D eigenvalue weighted by atomic mass is 79.9. The van der Waals surface area contributed by atoms with Gasteiger partial charge in [-0.25, -0.2) is 0 Å². The summed E-state index contributed by atoms with van der Waals surface area (Å²) in [5.41, 5.74) is 4.35. The first-order valence-corrected chi connectivity index (χ1v) is 6.93. The van der Waals surface area contributed by atoms with Crippen molar-refractivity contribution in [1.82, 2.24) is 4.98 Å². The van der Waals surface area contributed by atoms with Crippen molar-refractivity contribution in [3.05, 3.63) is 33.9 Å². The molecule has 1 N–H and O–H groups in total. The van der Waals surface area contributed by atoms with E-state index >= 15 is 0 Å². The van der Waals surface area contributed by atoms with E-state index in [0.29, 0.717) is 0 Å². The molecular formula is C14H16BrN. The summed E-state index contributed by atoms with van der Waals surface area (Å²) in [7, 11) is 0. The van der Waals surface area contributed by atoms with Gasteiger partial charge in [-0.2, -0.15) is 0 Å². The first-order chi connectivity index (χ1) is 7.84. The molecular weight excluding hydrogens is 262 g/mol. The number of hydrogen-bond donors (Lipinski definition) is 1. The maximum atomic E-state index is 3.59. The zero-order chi connectivity index (χ0) is 11.0. The third-order valence-corrected chi connectivity index (χ3v) is 4.05. The highest BCUT2D eigenvalue weighted by Gasteiger charge is 2.13. The van der Waals surface area contributed by atoms with Crippen molar-refractivity contribution in [1.29, 1.82) is 0 Å². The molecule has 0 fully saturated rings. The SMILES string of the molecule is Brc1ccc2[nH]c3c(c2c1)CCCCCC3. The van der Waals surface area contributed by atoms with Crippen molar-refractivity contribution >= 4 is 26.8 Å². The number of rotatable bonds is 0. The average molecular weight is 278 g/mol. The Bertz CT molecular complexity index is 513. The summed E-state index contributed by atoms with van der Waals surface area (Å²) in [6, 6.07) is 6.56. The Kier molecular flexibility index (Phi) is 2.76. The first kappa shape index (κ1) is 10.4. The zero-order valence-corrected chi connectivity index (χ0v) is 10.9. The van der Waals surface area contributed by atoms with Crippen molar-refractivity contribution in [2.45, 2.75) is 38.5 Å². The molecule has 2 heteroatoms. The topological polar surface area (TPSA) is 15.8 Å². The monoisotopic (exact) mass is 277 g/mol. The number of benzene rings is 1. The number of halogens is 1. The molecule has 0 atom stereocenters. The van der Waals surface area contributed by atoms with Crippen molar-refractivity contribution in [2.24, 2.45) is 0 Å². The van der Waals surface area contributed by atoms with Gasteiger partial charge >= 0.3 is 0 Å². The van der Waals surface area contributed by atoms with Crippen LogP contribution in [-0.2, 0) is 12.8 Å². The first-order valence-electron chi connectivity index (χ1n) is 6.13. The van der Waals surface area contributed by atoms with Gasteiger partial charge in [-0.15, -0.1) is 0 Å². The van der Waals surface area contributed by atoms with Crippen LogP contribution in [0.5, 0.6) is 0 Å². The number of aromatic amines is 1. The number of fused-ring (bicyclic) bond motifs is 3. The molecule has 0 saturated carbocycles. The molecule has 3 rings (SSSR count). The largest absolute Gasteiger partial charge is 0.358 e. The lowest BCUT2D eigenvalue weighted by molar-refractivity contribution is 0.614. The van der Waals surface area contributed by atoms with E-state index in [1.54, 1.807) is 5.56 Å². The van der Waals surface area contributed by atoms with Crippen LogP contribution in [0, 0.1) is 0 Å². The maximum absolute atomic E-state index is 3.59. The van der Waals surface area contributed by atoms with Gasteiger partial charge in [0.05, 0.1) is 0 Å². The van der Waals surface area contributed by atoms with Gasteiger partial charge in [-0.3, -0.25) is 0 Å². The summed E-state index contributed by atoms with van der Waals surface area (Å²) >= 11 is 3.57. The second-order valence-electron chi connectivity index (χ2n) is 4.69. The third-order valence-electron chi connectivity index (χ3n) is 3.56. The Morgan fingerprint density at radius 3 is 2.69 bits per heavy atom. The summed E-state index contributed by atoms with van der Waals surface area (Å²) in [4.78, 5) is 3.59. The summed E-state index contributed by atoms with van der Waals surface area (Å²) in [5.74, 6) is 0. The van der Waals surface area contributed by atoms with Gasteiger partial charge in [0.15, 0.2) is 0 Å². The fourth-order valence-electron chi connectivity index (χ4n) is 2.73. The minimum Gasteiger partial charge on any atom is -0.358 e. The van der Waals surface area contributed by atoms with Gasteiger partial charge in [0, 0.05) is 21.1 Å². The molecule has 0 saturated heterocycles. The van der Waals surface area contributed by atoms with Crippen LogP contribution in [0.1, 0.15) is 36.9 Å². The minimum absolute atomic E-state index is 1.18. The van der Waals surface area contributed by atoms with Crippen LogP contribution in [0.25, 0.3) is 10.9 Å². The summed E-state index contributed by atoms with van der Waals surface area (Å²) < 4.78 is 1.18. The van der Waals surface area contributed by atoms with E-state index in [1.807, 2.05) is 0 Å². The molecule has 1 nitrogen and oxygen atoms in total. The lowest BCUT2D eigenvalue weighted by Crippen LogP contribution is -1.97. The van der Waals surface area contributed by atoms with Crippen LogP contribution in [0.4, 0.5) is 0 Å². The highest BCUT2D eigenvalue weighted by Crippen LogP contribution is 2.29. The number of aryl methyl sites for hydroxylation is 2. The van der Waals surface area contributed by atoms with Crippen molar-refractivity contribution in [3.8, 4) is 0 Å². The number of nitrogens with one attached hydrogen (secondary N) is 1. The molecule has 2 aromatic rings. The Balaban J connectivity index is 2.17. The standard InChI is InChI=1S/C14H16BrN/c15-10-7-8-14-12(9-10)11-5-3-1-2-4-6-13(11)16-14/h7-9,16H,1-6H2. The van der Waals surface area contributed by atoms with Crippen molar-refractivity contribution < 1.29 is 0 Å². The number of aromatic nitrogens is 1. The second-order valence-corrected chi connectivity index (χ2v) is 5.60. The molecule has 0 spiro atoms. The second kappa shape index (κ2) is 4.25. The summed E-state index contributed by atoms with van der Waals surface area (Å²) in [6.45, 7) is 0. The van der Waals surface area contributed by atoms with E-state index in [0.717, 1.165) is 0 Å². The van der Waals surface area contributed by atoms with Gasteiger partial charge in [0.1, 0.15) is 0 Å². The van der Waals surface area contributed by atoms with E-state index in [1.165, 1.54) is 59.6 Å². The van der Waals surface area contributed by atoms with Crippen molar-refractivity contribution in [3.63, 3.8) is 0 Å². The smallest absolute Gasteiger partial charge is 0.0459 e. The van der Waals surface area contributed by atoms with Gasteiger partial charge < -0.3 is 4.98 Å².